The Morgan fingerprint density at radius 3 is 2.25 bits per heavy atom. The Bertz CT molecular complexity index is 1290. The van der Waals surface area contributed by atoms with E-state index in [2.05, 4.69) is 5.32 Å². The van der Waals surface area contributed by atoms with Crippen LogP contribution in [0.2, 0.25) is 10.0 Å². The van der Waals surface area contributed by atoms with Gasteiger partial charge in [-0.2, -0.15) is 0 Å². The maximum Gasteiger partial charge on any atom is 0.415 e. The molecule has 3 aliphatic rings. The van der Waals surface area contributed by atoms with Crippen molar-refractivity contribution in [1.82, 2.24) is 15.1 Å². The molecule has 2 amide bonds. The first kappa shape index (κ1) is 28.7. The predicted molar refractivity (Wildman–Crippen MR) is 153 cm³/mol. The van der Waals surface area contributed by atoms with Gasteiger partial charge >= 0.3 is 6.09 Å². The SMILES string of the molecule is COc1ccc(OC(=O)N(C)[C@@]2(C(=O)C3CCN(C(=O)C4(C)CC4)CC3)CNC[C@@H]2c2ccc(Cl)c(Cl)c2)cc1. The van der Waals surface area contributed by atoms with Crippen molar-refractivity contribution in [3.05, 3.63) is 58.1 Å². The Labute approximate surface area is 244 Å². The van der Waals surface area contributed by atoms with Crippen LogP contribution >= 0.6 is 23.2 Å². The van der Waals surface area contributed by atoms with E-state index < -0.39 is 11.6 Å². The van der Waals surface area contributed by atoms with Crippen molar-refractivity contribution < 1.29 is 23.9 Å². The minimum atomic E-state index is -1.22. The summed E-state index contributed by atoms with van der Waals surface area (Å²) in [6.45, 7) is 3.82. The van der Waals surface area contributed by atoms with E-state index in [-0.39, 0.29) is 35.5 Å². The lowest BCUT2D eigenvalue weighted by Gasteiger charge is -2.44. The van der Waals surface area contributed by atoms with E-state index in [1.165, 1.54) is 4.90 Å². The second-order valence-electron chi connectivity index (χ2n) is 11.4. The Kier molecular flexibility index (Phi) is 8.06. The van der Waals surface area contributed by atoms with Gasteiger partial charge in [0.2, 0.25) is 5.91 Å². The molecule has 1 saturated carbocycles. The third kappa shape index (κ3) is 5.29. The molecule has 0 spiro atoms. The number of nitrogens with one attached hydrogen (secondary N) is 1. The second-order valence-corrected chi connectivity index (χ2v) is 12.2. The van der Waals surface area contributed by atoms with Gasteiger partial charge in [0.15, 0.2) is 5.78 Å². The lowest BCUT2D eigenvalue weighted by atomic mass is 9.72. The van der Waals surface area contributed by atoms with Crippen LogP contribution in [0.3, 0.4) is 0 Å². The van der Waals surface area contributed by atoms with Crippen LogP contribution in [-0.4, -0.2) is 73.5 Å². The van der Waals surface area contributed by atoms with E-state index in [0.717, 1.165) is 18.4 Å². The minimum Gasteiger partial charge on any atom is -0.497 e. The van der Waals surface area contributed by atoms with Crippen molar-refractivity contribution in [3.63, 3.8) is 0 Å². The number of methoxy groups -OCH3 is 1. The number of carbonyl (C=O) groups excluding carboxylic acids is 3. The summed E-state index contributed by atoms with van der Waals surface area (Å²) in [4.78, 5) is 44.4. The van der Waals surface area contributed by atoms with Crippen molar-refractivity contribution in [2.75, 3.05) is 40.3 Å². The number of nitrogens with zero attached hydrogens (tertiary/aromatic N) is 2. The van der Waals surface area contributed by atoms with Crippen molar-refractivity contribution >= 4 is 41.0 Å². The molecule has 2 atom stereocenters. The van der Waals surface area contributed by atoms with E-state index in [9.17, 15) is 14.4 Å². The Morgan fingerprint density at radius 2 is 1.65 bits per heavy atom. The van der Waals surface area contributed by atoms with Crippen LogP contribution in [0.4, 0.5) is 4.79 Å². The fraction of sp³-hybridized carbons (Fsp3) is 0.500. The number of benzene rings is 2. The molecule has 0 radical (unpaired) electrons. The van der Waals surface area contributed by atoms with Gasteiger partial charge in [0, 0.05) is 50.5 Å². The molecule has 2 heterocycles. The molecule has 2 aliphatic heterocycles. The van der Waals surface area contributed by atoms with E-state index in [1.54, 1.807) is 50.6 Å². The number of Topliss-reactive ketones (excluding diaryl/α,β-unsaturated/α-hetero) is 1. The molecule has 1 N–H and O–H groups in total. The van der Waals surface area contributed by atoms with Crippen molar-refractivity contribution in [3.8, 4) is 11.5 Å². The molecule has 0 unspecified atom stereocenters. The number of rotatable bonds is 7. The zero-order valence-electron chi connectivity index (χ0n) is 23.0. The number of likely N-dealkylation sites (tertiary alicyclic amines) is 1. The molecule has 2 aromatic carbocycles. The van der Waals surface area contributed by atoms with Crippen LogP contribution in [0.5, 0.6) is 11.5 Å². The molecule has 2 saturated heterocycles. The average Bonchev–Trinajstić information content (AvgIpc) is 3.57. The van der Waals surface area contributed by atoms with E-state index in [4.69, 9.17) is 32.7 Å². The summed E-state index contributed by atoms with van der Waals surface area (Å²) >= 11 is 12.6. The van der Waals surface area contributed by atoms with Crippen molar-refractivity contribution in [2.24, 2.45) is 11.3 Å². The van der Waals surface area contributed by atoms with Gasteiger partial charge in [0.25, 0.3) is 0 Å². The number of piperidine rings is 1. The number of amides is 2. The van der Waals surface area contributed by atoms with Crippen molar-refractivity contribution in [1.29, 1.82) is 0 Å². The van der Waals surface area contributed by atoms with Gasteiger partial charge in [-0.25, -0.2) is 4.79 Å². The summed E-state index contributed by atoms with van der Waals surface area (Å²) in [6.07, 6.45) is 2.31. The quantitative estimate of drug-likeness (QED) is 0.481. The van der Waals surface area contributed by atoms with Gasteiger partial charge in [-0.1, -0.05) is 36.2 Å². The van der Waals surface area contributed by atoms with Crippen LogP contribution in [0.25, 0.3) is 0 Å². The third-order valence-electron chi connectivity index (χ3n) is 8.90. The number of halogens is 2. The van der Waals surface area contributed by atoms with E-state index >= 15 is 0 Å². The number of ether oxygens (including phenoxy) is 2. The first-order valence-electron chi connectivity index (χ1n) is 13.7. The van der Waals surface area contributed by atoms with E-state index in [1.807, 2.05) is 17.9 Å². The van der Waals surface area contributed by atoms with Crippen LogP contribution in [0.15, 0.2) is 42.5 Å². The van der Waals surface area contributed by atoms with Gasteiger partial charge < -0.3 is 19.7 Å². The second kappa shape index (κ2) is 11.2. The smallest absolute Gasteiger partial charge is 0.415 e. The van der Waals surface area contributed by atoms with Crippen molar-refractivity contribution in [2.45, 2.75) is 44.1 Å². The summed E-state index contributed by atoms with van der Waals surface area (Å²) < 4.78 is 10.9. The highest BCUT2D eigenvalue weighted by Crippen LogP contribution is 2.47. The number of likely N-dealkylation sites (N-methyl/N-ethyl adjacent to an activating group) is 1. The minimum absolute atomic E-state index is 0.0347. The zero-order chi connectivity index (χ0) is 28.7. The maximum absolute atomic E-state index is 14.6. The summed E-state index contributed by atoms with van der Waals surface area (Å²) in [5.41, 5.74) is -0.649. The molecule has 1 aliphatic carbocycles. The normalized spacial score (nSPS) is 23.9. The molecular weight excluding hydrogens is 553 g/mol. The molecule has 10 heteroatoms. The fourth-order valence-corrected chi connectivity index (χ4v) is 6.36. The monoisotopic (exact) mass is 587 g/mol. The van der Waals surface area contributed by atoms with Gasteiger partial charge in [0.05, 0.1) is 17.2 Å². The lowest BCUT2D eigenvalue weighted by Crippen LogP contribution is -2.62. The van der Waals surface area contributed by atoms with Crippen LogP contribution in [-0.2, 0) is 9.59 Å². The average molecular weight is 589 g/mol. The topological polar surface area (TPSA) is 88.2 Å². The first-order valence-corrected chi connectivity index (χ1v) is 14.4. The first-order chi connectivity index (χ1) is 19.1. The number of hydrogen-bond acceptors (Lipinski definition) is 6. The highest BCUT2D eigenvalue weighted by Gasteiger charge is 2.57. The largest absolute Gasteiger partial charge is 0.497 e. The van der Waals surface area contributed by atoms with Gasteiger partial charge in [0.1, 0.15) is 17.0 Å². The molecule has 3 fully saturated rings. The molecule has 0 bridgehead atoms. The van der Waals surface area contributed by atoms with Crippen LogP contribution in [0.1, 0.15) is 44.1 Å². The summed E-state index contributed by atoms with van der Waals surface area (Å²) in [5, 5.41) is 4.16. The number of hydrogen-bond donors (Lipinski definition) is 1. The lowest BCUT2D eigenvalue weighted by molar-refractivity contribution is -0.142. The third-order valence-corrected chi connectivity index (χ3v) is 9.64. The molecular formula is C30H35Cl2N3O5. The number of carbonyl (C=O) groups is 3. The molecule has 214 valence electrons. The summed E-state index contributed by atoms with van der Waals surface area (Å²) in [5.74, 6) is 0.445. The summed E-state index contributed by atoms with van der Waals surface area (Å²) in [6, 6.07) is 12.0. The van der Waals surface area contributed by atoms with Crippen LogP contribution in [0, 0.1) is 11.3 Å². The Balaban J connectivity index is 1.43. The summed E-state index contributed by atoms with van der Waals surface area (Å²) in [7, 11) is 3.18. The molecule has 40 heavy (non-hydrogen) atoms. The molecule has 8 nitrogen and oxygen atoms in total. The standard InChI is InChI=1S/C30H35Cl2N3O5/c1-29(12-13-29)27(37)35-14-10-19(11-15-35)26(36)30(18-33-17-23(30)20-4-9-24(31)25(32)16-20)34(2)28(38)40-22-7-5-21(39-3)6-8-22/h4-9,16,19,23,33H,10-15,17-18H2,1-3H3/t23-,30+/m1/s1. The highest BCUT2D eigenvalue weighted by molar-refractivity contribution is 6.42. The molecule has 2 aromatic rings. The van der Waals surface area contributed by atoms with Gasteiger partial charge in [-0.15, -0.1) is 0 Å². The molecule has 0 aromatic heterocycles. The maximum atomic E-state index is 14.6. The zero-order valence-corrected chi connectivity index (χ0v) is 24.6. The Hall–Kier alpha value is -2.81. The number of ketones is 1. The van der Waals surface area contributed by atoms with Crippen LogP contribution < -0.4 is 14.8 Å². The van der Waals surface area contributed by atoms with Gasteiger partial charge in [-0.3, -0.25) is 14.5 Å². The molecule has 5 rings (SSSR count). The van der Waals surface area contributed by atoms with E-state index in [0.29, 0.717) is 54.0 Å². The van der Waals surface area contributed by atoms with Gasteiger partial charge in [-0.05, 0) is 67.6 Å². The predicted octanol–water partition coefficient (Wildman–Crippen LogP) is 5.17. The highest BCUT2D eigenvalue weighted by atomic mass is 35.5. The Morgan fingerprint density at radius 1 is 1.00 bits per heavy atom. The fourth-order valence-electron chi connectivity index (χ4n) is 6.06.